The molecular weight excluding hydrogens is 300 g/mol. The third-order valence-electron chi connectivity index (χ3n) is 2.07. The summed E-state index contributed by atoms with van der Waals surface area (Å²) in [4.78, 5) is 19.5. The SMILES string of the molecule is COC(=O)c1cccnc1Oc1cncc(Br)c1. The topological polar surface area (TPSA) is 61.3 Å². The molecule has 0 bridgehead atoms. The van der Waals surface area contributed by atoms with Crippen LogP contribution in [0.3, 0.4) is 0 Å². The Kier molecular flexibility index (Phi) is 3.88. The lowest BCUT2D eigenvalue weighted by atomic mass is 10.3. The molecule has 0 aliphatic rings. The number of esters is 1. The number of hydrogen-bond donors (Lipinski definition) is 0. The molecule has 0 saturated carbocycles. The van der Waals surface area contributed by atoms with E-state index in [0.717, 1.165) is 4.47 Å². The van der Waals surface area contributed by atoms with E-state index in [9.17, 15) is 4.79 Å². The number of pyridine rings is 2. The van der Waals surface area contributed by atoms with Crippen LogP contribution in [0, 0.1) is 0 Å². The van der Waals surface area contributed by atoms with Gasteiger partial charge in [0.2, 0.25) is 5.88 Å². The average molecular weight is 309 g/mol. The van der Waals surface area contributed by atoms with Gasteiger partial charge in [-0.05, 0) is 34.1 Å². The van der Waals surface area contributed by atoms with Crippen molar-refractivity contribution >= 4 is 21.9 Å². The summed E-state index contributed by atoms with van der Waals surface area (Å²) in [5.74, 6) is 0.165. The van der Waals surface area contributed by atoms with Crippen LogP contribution in [-0.4, -0.2) is 23.0 Å². The normalized spacial score (nSPS) is 9.89. The van der Waals surface area contributed by atoms with Crippen molar-refractivity contribution in [1.82, 2.24) is 9.97 Å². The van der Waals surface area contributed by atoms with Crippen molar-refractivity contribution in [3.63, 3.8) is 0 Å². The second-order valence-corrected chi connectivity index (χ2v) is 4.20. The lowest BCUT2D eigenvalue weighted by Crippen LogP contribution is -2.04. The Morgan fingerprint density at radius 2 is 2.22 bits per heavy atom. The predicted octanol–water partition coefficient (Wildman–Crippen LogP) is 2.82. The van der Waals surface area contributed by atoms with Gasteiger partial charge in [0, 0.05) is 16.9 Å². The molecule has 0 saturated heterocycles. The fraction of sp³-hybridized carbons (Fsp3) is 0.0833. The first-order chi connectivity index (χ1) is 8.70. The third-order valence-corrected chi connectivity index (χ3v) is 2.50. The van der Waals surface area contributed by atoms with Crippen molar-refractivity contribution in [1.29, 1.82) is 0 Å². The molecule has 92 valence electrons. The molecule has 2 aromatic rings. The summed E-state index contributed by atoms with van der Waals surface area (Å²) in [5, 5.41) is 0. The fourth-order valence-corrected chi connectivity index (χ4v) is 1.64. The largest absolute Gasteiger partial charge is 0.465 e. The van der Waals surface area contributed by atoms with E-state index in [0.29, 0.717) is 5.75 Å². The summed E-state index contributed by atoms with van der Waals surface area (Å²) >= 11 is 3.28. The summed E-state index contributed by atoms with van der Waals surface area (Å²) in [7, 11) is 1.31. The first-order valence-corrected chi connectivity index (χ1v) is 5.81. The minimum Gasteiger partial charge on any atom is -0.465 e. The Hall–Kier alpha value is -1.95. The Balaban J connectivity index is 2.32. The fourth-order valence-electron chi connectivity index (χ4n) is 1.30. The van der Waals surface area contributed by atoms with Gasteiger partial charge in [0.1, 0.15) is 11.3 Å². The maximum absolute atomic E-state index is 11.5. The summed E-state index contributed by atoms with van der Waals surface area (Å²) < 4.78 is 10.9. The van der Waals surface area contributed by atoms with Crippen LogP contribution in [0.2, 0.25) is 0 Å². The molecular formula is C12H9BrN2O3. The smallest absolute Gasteiger partial charge is 0.343 e. The van der Waals surface area contributed by atoms with Gasteiger partial charge in [0.25, 0.3) is 0 Å². The highest BCUT2D eigenvalue weighted by Crippen LogP contribution is 2.24. The Labute approximate surface area is 112 Å². The molecule has 18 heavy (non-hydrogen) atoms. The monoisotopic (exact) mass is 308 g/mol. The zero-order valence-electron chi connectivity index (χ0n) is 9.46. The van der Waals surface area contributed by atoms with E-state index in [1.54, 1.807) is 24.4 Å². The highest BCUT2D eigenvalue weighted by Gasteiger charge is 2.14. The molecule has 0 aromatic carbocycles. The van der Waals surface area contributed by atoms with E-state index in [1.165, 1.54) is 19.5 Å². The summed E-state index contributed by atoms with van der Waals surface area (Å²) in [6, 6.07) is 4.95. The van der Waals surface area contributed by atoms with Crippen LogP contribution in [-0.2, 0) is 4.74 Å². The van der Waals surface area contributed by atoms with Gasteiger partial charge in [0.05, 0.1) is 13.3 Å². The van der Waals surface area contributed by atoms with Gasteiger partial charge in [-0.3, -0.25) is 4.98 Å². The summed E-state index contributed by atoms with van der Waals surface area (Å²) in [5.41, 5.74) is 0.264. The number of aromatic nitrogens is 2. The molecule has 5 nitrogen and oxygen atoms in total. The molecule has 2 heterocycles. The highest BCUT2D eigenvalue weighted by atomic mass is 79.9. The number of methoxy groups -OCH3 is 1. The van der Waals surface area contributed by atoms with Crippen molar-refractivity contribution in [3.05, 3.63) is 46.8 Å². The van der Waals surface area contributed by atoms with Crippen LogP contribution >= 0.6 is 15.9 Å². The zero-order valence-corrected chi connectivity index (χ0v) is 11.0. The van der Waals surface area contributed by atoms with Gasteiger partial charge in [-0.15, -0.1) is 0 Å². The van der Waals surface area contributed by atoms with E-state index < -0.39 is 5.97 Å². The number of halogens is 1. The van der Waals surface area contributed by atoms with E-state index in [2.05, 4.69) is 30.6 Å². The summed E-state index contributed by atoms with van der Waals surface area (Å²) in [6.45, 7) is 0. The number of carbonyl (C=O) groups is 1. The second-order valence-electron chi connectivity index (χ2n) is 3.29. The number of nitrogens with zero attached hydrogens (tertiary/aromatic N) is 2. The quantitative estimate of drug-likeness (QED) is 0.816. The third kappa shape index (κ3) is 2.84. The van der Waals surface area contributed by atoms with Crippen molar-refractivity contribution in [2.45, 2.75) is 0 Å². The van der Waals surface area contributed by atoms with E-state index in [-0.39, 0.29) is 11.4 Å². The van der Waals surface area contributed by atoms with Gasteiger partial charge >= 0.3 is 5.97 Å². The van der Waals surface area contributed by atoms with Crippen LogP contribution in [0.25, 0.3) is 0 Å². The molecule has 2 aromatic heterocycles. The van der Waals surface area contributed by atoms with Crippen LogP contribution < -0.4 is 4.74 Å². The lowest BCUT2D eigenvalue weighted by Gasteiger charge is -2.08. The molecule has 0 atom stereocenters. The Morgan fingerprint density at radius 3 is 2.94 bits per heavy atom. The van der Waals surface area contributed by atoms with Crippen molar-refractivity contribution < 1.29 is 14.3 Å². The van der Waals surface area contributed by atoms with Crippen LogP contribution in [0.5, 0.6) is 11.6 Å². The van der Waals surface area contributed by atoms with Gasteiger partial charge in [-0.2, -0.15) is 0 Å². The molecule has 0 aliphatic heterocycles. The van der Waals surface area contributed by atoms with Gasteiger partial charge < -0.3 is 9.47 Å². The predicted molar refractivity (Wildman–Crippen MR) is 67.6 cm³/mol. The van der Waals surface area contributed by atoms with Crippen molar-refractivity contribution in [3.8, 4) is 11.6 Å². The number of rotatable bonds is 3. The second kappa shape index (κ2) is 5.59. The molecule has 0 radical (unpaired) electrons. The van der Waals surface area contributed by atoms with Crippen LogP contribution in [0.1, 0.15) is 10.4 Å². The van der Waals surface area contributed by atoms with E-state index in [4.69, 9.17) is 4.74 Å². The van der Waals surface area contributed by atoms with E-state index >= 15 is 0 Å². The molecule has 6 heteroatoms. The molecule has 0 unspecified atom stereocenters. The lowest BCUT2D eigenvalue weighted by molar-refractivity contribution is 0.0597. The zero-order chi connectivity index (χ0) is 13.0. The van der Waals surface area contributed by atoms with Gasteiger partial charge in [-0.1, -0.05) is 0 Å². The minimum absolute atomic E-state index is 0.184. The highest BCUT2D eigenvalue weighted by molar-refractivity contribution is 9.10. The Bertz CT molecular complexity index is 575. The molecule has 0 spiro atoms. The molecule has 0 fully saturated rings. The Morgan fingerprint density at radius 1 is 1.39 bits per heavy atom. The van der Waals surface area contributed by atoms with Gasteiger partial charge in [0.15, 0.2) is 0 Å². The van der Waals surface area contributed by atoms with Crippen LogP contribution in [0.4, 0.5) is 0 Å². The van der Waals surface area contributed by atoms with Gasteiger partial charge in [-0.25, -0.2) is 9.78 Å². The number of ether oxygens (including phenoxy) is 2. The maximum Gasteiger partial charge on any atom is 0.343 e. The average Bonchev–Trinajstić information content (AvgIpc) is 2.38. The standard InChI is InChI=1S/C12H9BrN2O3/c1-17-12(16)10-3-2-4-15-11(10)18-9-5-8(13)6-14-7-9/h2-7H,1H3. The summed E-state index contributed by atoms with van der Waals surface area (Å²) in [6.07, 6.45) is 4.69. The van der Waals surface area contributed by atoms with E-state index in [1.807, 2.05) is 0 Å². The number of carbonyl (C=O) groups excluding carboxylic acids is 1. The molecule has 0 amide bonds. The molecule has 0 aliphatic carbocycles. The first kappa shape index (κ1) is 12.5. The van der Waals surface area contributed by atoms with Crippen molar-refractivity contribution in [2.24, 2.45) is 0 Å². The maximum atomic E-state index is 11.5. The molecule has 2 rings (SSSR count). The number of hydrogen-bond acceptors (Lipinski definition) is 5. The first-order valence-electron chi connectivity index (χ1n) is 5.02. The minimum atomic E-state index is -0.499. The molecule has 0 N–H and O–H groups in total. The van der Waals surface area contributed by atoms with Crippen LogP contribution in [0.15, 0.2) is 41.3 Å². The van der Waals surface area contributed by atoms with Crippen molar-refractivity contribution in [2.75, 3.05) is 7.11 Å².